The van der Waals surface area contributed by atoms with E-state index in [1.165, 1.54) is 189 Å². The number of halogens is 1. The summed E-state index contributed by atoms with van der Waals surface area (Å²) in [5, 5.41) is 0. The Bertz CT molecular complexity index is 1090. The van der Waals surface area contributed by atoms with Crippen LogP contribution in [0.15, 0.2) is 34.1 Å². The van der Waals surface area contributed by atoms with Crippen molar-refractivity contribution in [2.45, 2.75) is 272 Å². The van der Waals surface area contributed by atoms with Gasteiger partial charge in [-0.1, -0.05) is 151 Å². The zero-order chi connectivity index (χ0) is 41.3. The van der Waals surface area contributed by atoms with Crippen molar-refractivity contribution in [2.75, 3.05) is 5.88 Å². The highest BCUT2D eigenvalue weighted by molar-refractivity contribution is 6.18. The Balaban J connectivity index is 0.000000396. The van der Waals surface area contributed by atoms with Gasteiger partial charge in [-0.15, -0.1) is 11.6 Å². The predicted octanol–water partition coefficient (Wildman–Crippen LogP) is 17.6. The van der Waals surface area contributed by atoms with Crippen molar-refractivity contribution in [1.82, 2.24) is 0 Å². The SMILES string of the molecule is CC(C)=C(C)CC1CCCCCCCCCCC1=O.CC(C)=CCCl.CC1(C)CCC2=C(CCCCCCCCCC2)O1.O=C1CCCCCCCCCCC1. The molecule has 326 valence electrons. The normalized spacial score (nSPS) is 22.7. The zero-order valence-electron chi connectivity index (χ0n) is 38.5. The first-order valence-corrected chi connectivity index (χ1v) is 24.7. The van der Waals surface area contributed by atoms with Crippen LogP contribution in [0.5, 0.6) is 0 Å². The van der Waals surface area contributed by atoms with E-state index in [0.29, 0.717) is 23.4 Å². The number of ketones is 2. The molecule has 0 N–H and O–H groups in total. The third-order valence-electron chi connectivity index (χ3n) is 12.4. The van der Waals surface area contributed by atoms with Gasteiger partial charge in [-0.25, -0.2) is 0 Å². The van der Waals surface area contributed by atoms with Crippen LogP contribution in [0.2, 0.25) is 0 Å². The molecule has 0 amide bonds. The molecule has 0 aromatic carbocycles. The fourth-order valence-corrected chi connectivity index (χ4v) is 8.60. The molecule has 1 unspecified atom stereocenters. The van der Waals surface area contributed by atoms with Gasteiger partial charge in [0, 0.05) is 37.5 Å². The summed E-state index contributed by atoms with van der Waals surface area (Å²) in [6.07, 6.45) is 44.9. The Labute approximate surface area is 354 Å². The number of ether oxygens (including phenoxy) is 1. The summed E-state index contributed by atoms with van der Waals surface area (Å²) in [4.78, 5) is 23.7. The molecule has 3 aliphatic carbocycles. The minimum atomic E-state index is 0.0793. The van der Waals surface area contributed by atoms with Crippen LogP contribution in [0.4, 0.5) is 0 Å². The molecule has 1 aliphatic heterocycles. The van der Waals surface area contributed by atoms with E-state index in [1.807, 2.05) is 19.9 Å². The standard InChI is InChI=1S/C18H32O.C17H30O.C12H22O.C5H9Cl/c1-15(2)16(3)14-17-12-10-8-6-4-5-7-9-11-13-18(17)19;1-17(2)14-13-15-11-9-7-5-3-4-6-8-10-12-16(15)18-17;13-12-10-8-6-4-2-1-3-5-7-9-11-12;1-5(2)3-4-6/h17H,4-14H2,1-3H3;3-14H2,1-2H3;1-11H2;3H,4H2,1-2H3. The van der Waals surface area contributed by atoms with Gasteiger partial charge in [-0.3, -0.25) is 9.59 Å². The number of rotatable bonds is 3. The molecule has 0 aromatic rings. The second-order valence-corrected chi connectivity index (χ2v) is 19.2. The summed E-state index contributed by atoms with van der Waals surface area (Å²) < 4.78 is 6.26. The molecule has 4 aliphatic rings. The predicted molar refractivity (Wildman–Crippen MR) is 247 cm³/mol. The Morgan fingerprint density at radius 2 is 0.982 bits per heavy atom. The highest BCUT2D eigenvalue weighted by atomic mass is 35.5. The van der Waals surface area contributed by atoms with E-state index in [1.54, 1.807) is 5.57 Å². The van der Waals surface area contributed by atoms with E-state index in [4.69, 9.17) is 16.3 Å². The van der Waals surface area contributed by atoms with Crippen molar-refractivity contribution in [3.8, 4) is 0 Å². The van der Waals surface area contributed by atoms with Gasteiger partial charge in [-0.2, -0.15) is 0 Å². The van der Waals surface area contributed by atoms with Gasteiger partial charge in [0.1, 0.15) is 17.2 Å². The zero-order valence-corrected chi connectivity index (χ0v) is 39.3. The average molecular weight is 802 g/mol. The average Bonchev–Trinajstić information content (AvgIpc) is 3.13. The third kappa shape index (κ3) is 29.8. The molecule has 1 heterocycles. The smallest absolute Gasteiger partial charge is 0.136 e. The van der Waals surface area contributed by atoms with Gasteiger partial charge in [-0.05, 0) is 118 Å². The fourth-order valence-electron chi connectivity index (χ4n) is 8.29. The van der Waals surface area contributed by atoms with E-state index in [9.17, 15) is 9.59 Å². The molecule has 0 bridgehead atoms. The maximum atomic E-state index is 12.4. The highest BCUT2D eigenvalue weighted by Crippen LogP contribution is 2.36. The number of Topliss-reactive ketones (excluding diaryl/α,β-unsaturated/α-hetero) is 2. The van der Waals surface area contributed by atoms with Gasteiger partial charge in [0.2, 0.25) is 0 Å². The summed E-state index contributed by atoms with van der Waals surface area (Å²) in [5.41, 5.74) is 5.82. The molecule has 2 saturated carbocycles. The number of allylic oxidation sites excluding steroid dienone is 6. The molecule has 1 atom stereocenters. The summed E-state index contributed by atoms with van der Waals surface area (Å²) in [6.45, 7) is 15.1. The van der Waals surface area contributed by atoms with Crippen molar-refractivity contribution < 1.29 is 14.3 Å². The molecular formula is C52H93ClO3. The highest BCUT2D eigenvalue weighted by Gasteiger charge is 2.27. The largest absolute Gasteiger partial charge is 0.492 e. The monoisotopic (exact) mass is 801 g/mol. The van der Waals surface area contributed by atoms with Gasteiger partial charge < -0.3 is 4.74 Å². The maximum absolute atomic E-state index is 12.4. The second-order valence-electron chi connectivity index (χ2n) is 18.9. The number of carbonyl (C=O) groups excluding carboxylic acids is 2. The van der Waals surface area contributed by atoms with Crippen molar-refractivity contribution >= 4 is 23.2 Å². The first kappa shape index (κ1) is 52.7. The molecule has 4 heteroatoms. The Morgan fingerprint density at radius 3 is 1.41 bits per heavy atom. The molecule has 0 aromatic heterocycles. The molecule has 2 fully saturated rings. The van der Waals surface area contributed by atoms with Crippen LogP contribution in [0.3, 0.4) is 0 Å². The van der Waals surface area contributed by atoms with E-state index in [0.717, 1.165) is 51.4 Å². The van der Waals surface area contributed by atoms with Crippen molar-refractivity contribution in [3.05, 3.63) is 34.1 Å². The molecular weight excluding hydrogens is 708 g/mol. The lowest BCUT2D eigenvalue weighted by Crippen LogP contribution is -2.28. The molecule has 3 nitrogen and oxygen atoms in total. The van der Waals surface area contributed by atoms with Crippen molar-refractivity contribution in [3.63, 3.8) is 0 Å². The second kappa shape index (κ2) is 34.5. The summed E-state index contributed by atoms with van der Waals surface area (Å²) in [7, 11) is 0. The van der Waals surface area contributed by atoms with E-state index < -0.39 is 0 Å². The quantitative estimate of drug-likeness (QED) is 0.211. The van der Waals surface area contributed by atoms with Crippen molar-refractivity contribution in [1.29, 1.82) is 0 Å². The minimum absolute atomic E-state index is 0.0793. The minimum Gasteiger partial charge on any atom is -0.492 e. The van der Waals surface area contributed by atoms with Crippen LogP contribution in [-0.4, -0.2) is 23.0 Å². The number of carbonyl (C=O) groups is 2. The Kier molecular flexibility index (Phi) is 32.5. The summed E-state index contributed by atoms with van der Waals surface area (Å²) in [5.74, 6) is 3.34. The lowest BCUT2D eigenvalue weighted by Gasteiger charge is -2.35. The van der Waals surface area contributed by atoms with E-state index >= 15 is 0 Å². The van der Waals surface area contributed by atoms with Crippen LogP contribution in [0, 0.1) is 5.92 Å². The Morgan fingerprint density at radius 1 is 0.571 bits per heavy atom. The molecule has 0 radical (unpaired) electrons. The fraction of sp³-hybridized carbons (Fsp3) is 0.846. The molecule has 4 rings (SSSR count). The van der Waals surface area contributed by atoms with Crippen LogP contribution in [-0.2, 0) is 14.3 Å². The number of hydrogen-bond donors (Lipinski definition) is 0. The first-order valence-electron chi connectivity index (χ1n) is 24.2. The van der Waals surface area contributed by atoms with Crippen LogP contribution >= 0.6 is 11.6 Å². The first-order chi connectivity index (χ1) is 26.9. The lowest BCUT2D eigenvalue weighted by molar-refractivity contribution is -0.123. The summed E-state index contributed by atoms with van der Waals surface area (Å²) in [6, 6.07) is 0. The van der Waals surface area contributed by atoms with Crippen LogP contribution in [0.1, 0.15) is 267 Å². The van der Waals surface area contributed by atoms with Crippen LogP contribution < -0.4 is 0 Å². The molecule has 56 heavy (non-hydrogen) atoms. The molecule has 0 saturated heterocycles. The van der Waals surface area contributed by atoms with Gasteiger partial charge in [0.15, 0.2) is 0 Å². The van der Waals surface area contributed by atoms with Gasteiger partial charge in [0.25, 0.3) is 0 Å². The van der Waals surface area contributed by atoms with Gasteiger partial charge in [0.05, 0.1) is 5.76 Å². The van der Waals surface area contributed by atoms with Gasteiger partial charge >= 0.3 is 0 Å². The van der Waals surface area contributed by atoms with Crippen LogP contribution in [0.25, 0.3) is 0 Å². The maximum Gasteiger partial charge on any atom is 0.136 e. The summed E-state index contributed by atoms with van der Waals surface area (Å²) >= 11 is 5.32. The number of hydrogen-bond acceptors (Lipinski definition) is 3. The van der Waals surface area contributed by atoms with E-state index in [2.05, 4.69) is 34.6 Å². The lowest BCUT2D eigenvalue weighted by atomic mass is 9.86. The third-order valence-corrected chi connectivity index (χ3v) is 12.6. The molecule has 0 spiro atoms. The van der Waals surface area contributed by atoms with Crippen molar-refractivity contribution in [2.24, 2.45) is 5.92 Å². The Hall–Kier alpha value is -1.35. The van der Waals surface area contributed by atoms with E-state index in [-0.39, 0.29) is 5.60 Å². The topological polar surface area (TPSA) is 43.4 Å². The number of alkyl halides is 1.